The minimum absolute atomic E-state index is 0.112. The summed E-state index contributed by atoms with van der Waals surface area (Å²) < 4.78 is 39.7. The Kier molecular flexibility index (Phi) is 5.72. The molecular formula is C20H18FNO3S2. The van der Waals surface area contributed by atoms with E-state index < -0.39 is 26.8 Å². The molecule has 1 aromatic heterocycles. The van der Waals surface area contributed by atoms with Crippen molar-refractivity contribution in [3.05, 3.63) is 88.6 Å². The average Bonchev–Trinajstić information content (AvgIpc) is 3.18. The first kappa shape index (κ1) is 19.3. The van der Waals surface area contributed by atoms with Gasteiger partial charge in [0.25, 0.3) is 5.91 Å². The van der Waals surface area contributed by atoms with Crippen LogP contribution in [-0.2, 0) is 9.84 Å². The fourth-order valence-electron chi connectivity index (χ4n) is 2.67. The number of carbonyl (C=O) groups excluding carboxylic acids is 1. The Morgan fingerprint density at radius 3 is 2.48 bits per heavy atom. The molecule has 7 heteroatoms. The molecule has 0 saturated carbocycles. The van der Waals surface area contributed by atoms with Crippen LogP contribution < -0.4 is 5.32 Å². The molecule has 3 aromatic rings. The van der Waals surface area contributed by atoms with E-state index in [1.807, 2.05) is 19.1 Å². The van der Waals surface area contributed by atoms with Crippen molar-refractivity contribution in [1.82, 2.24) is 5.32 Å². The number of benzene rings is 2. The Morgan fingerprint density at radius 2 is 1.85 bits per heavy atom. The molecule has 1 N–H and O–H groups in total. The van der Waals surface area contributed by atoms with Gasteiger partial charge in [0.15, 0.2) is 9.84 Å². The van der Waals surface area contributed by atoms with Gasteiger partial charge in [-0.2, -0.15) is 0 Å². The second-order valence-electron chi connectivity index (χ2n) is 6.10. The highest BCUT2D eigenvalue weighted by atomic mass is 32.2. The molecule has 0 saturated heterocycles. The van der Waals surface area contributed by atoms with E-state index in [-0.39, 0.29) is 16.3 Å². The molecule has 0 aliphatic carbocycles. The molecule has 0 spiro atoms. The summed E-state index contributed by atoms with van der Waals surface area (Å²) in [6.07, 6.45) is 0. The molecule has 0 aliphatic rings. The first-order valence-corrected chi connectivity index (χ1v) is 10.7. The predicted molar refractivity (Wildman–Crippen MR) is 104 cm³/mol. The number of hydrogen-bond donors (Lipinski definition) is 1. The van der Waals surface area contributed by atoms with E-state index in [4.69, 9.17) is 0 Å². The molecule has 4 nitrogen and oxygen atoms in total. The summed E-state index contributed by atoms with van der Waals surface area (Å²) in [4.78, 5) is 12.3. The van der Waals surface area contributed by atoms with Crippen LogP contribution in [0.3, 0.4) is 0 Å². The smallest absolute Gasteiger partial charge is 0.251 e. The van der Waals surface area contributed by atoms with Crippen molar-refractivity contribution in [2.75, 3.05) is 6.54 Å². The standard InChI is InChI=1S/C20H18FNO3S2/c1-14-7-9-15(10-8-14)18(27(24,25)19-6-3-11-26-19)13-22-20(23)16-4-2-5-17(21)12-16/h2-12,18H,13H2,1H3,(H,22,23)/t18-/m1/s1. The lowest BCUT2D eigenvalue weighted by Gasteiger charge is -2.18. The highest BCUT2D eigenvalue weighted by molar-refractivity contribution is 7.93. The largest absolute Gasteiger partial charge is 0.350 e. The summed E-state index contributed by atoms with van der Waals surface area (Å²) in [5.41, 5.74) is 1.74. The van der Waals surface area contributed by atoms with Crippen LogP contribution in [-0.4, -0.2) is 20.9 Å². The number of halogens is 1. The molecule has 0 unspecified atom stereocenters. The maximum absolute atomic E-state index is 13.3. The van der Waals surface area contributed by atoms with Gasteiger partial charge >= 0.3 is 0 Å². The number of sulfone groups is 1. The first-order valence-electron chi connectivity index (χ1n) is 8.25. The number of aryl methyl sites for hydroxylation is 1. The molecule has 27 heavy (non-hydrogen) atoms. The van der Waals surface area contributed by atoms with Crippen LogP contribution in [0.2, 0.25) is 0 Å². The van der Waals surface area contributed by atoms with E-state index in [1.54, 1.807) is 29.6 Å². The Balaban J connectivity index is 1.88. The predicted octanol–water partition coefficient (Wildman–Crippen LogP) is 4.14. The highest BCUT2D eigenvalue weighted by Gasteiger charge is 2.30. The van der Waals surface area contributed by atoms with Crippen LogP contribution >= 0.6 is 11.3 Å². The zero-order chi connectivity index (χ0) is 19.4. The summed E-state index contributed by atoms with van der Waals surface area (Å²) in [5, 5.41) is 3.39. The third-order valence-electron chi connectivity index (χ3n) is 4.13. The van der Waals surface area contributed by atoms with Gasteiger partial charge in [-0.3, -0.25) is 4.79 Å². The summed E-state index contributed by atoms with van der Waals surface area (Å²) in [7, 11) is -3.68. The molecule has 1 atom stereocenters. The number of amides is 1. The van der Waals surface area contributed by atoms with Gasteiger partial charge in [0.1, 0.15) is 15.3 Å². The summed E-state index contributed by atoms with van der Waals surface area (Å²) >= 11 is 1.14. The van der Waals surface area contributed by atoms with Gasteiger partial charge in [-0.1, -0.05) is 42.0 Å². The van der Waals surface area contributed by atoms with Crippen LogP contribution in [0.4, 0.5) is 4.39 Å². The van der Waals surface area contributed by atoms with Crippen LogP contribution in [0.15, 0.2) is 70.3 Å². The highest BCUT2D eigenvalue weighted by Crippen LogP contribution is 2.31. The van der Waals surface area contributed by atoms with Crippen LogP contribution in [0.1, 0.15) is 26.7 Å². The van der Waals surface area contributed by atoms with E-state index in [2.05, 4.69) is 5.32 Å². The molecule has 2 aromatic carbocycles. The SMILES string of the molecule is Cc1ccc([C@@H](CNC(=O)c2cccc(F)c2)S(=O)(=O)c2cccs2)cc1. The molecule has 140 valence electrons. The lowest BCUT2D eigenvalue weighted by Crippen LogP contribution is -2.31. The minimum atomic E-state index is -3.68. The van der Waals surface area contributed by atoms with Gasteiger partial charge in [0, 0.05) is 12.1 Å². The maximum Gasteiger partial charge on any atom is 0.251 e. The van der Waals surface area contributed by atoms with Crippen LogP contribution in [0.25, 0.3) is 0 Å². The van der Waals surface area contributed by atoms with Gasteiger partial charge in [0.2, 0.25) is 0 Å². The molecular weight excluding hydrogens is 385 g/mol. The second kappa shape index (κ2) is 8.02. The van der Waals surface area contributed by atoms with Gasteiger partial charge in [0.05, 0.1) is 0 Å². The second-order valence-corrected chi connectivity index (χ2v) is 9.40. The van der Waals surface area contributed by atoms with Crippen molar-refractivity contribution in [3.8, 4) is 0 Å². The van der Waals surface area contributed by atoms with E-state index in [1.165, 1.54) is 18.2 Å². The number of hydrogen-bond acceptors (Lipinski definition) is 4. The monoisotopic (exact) mass is 403 g/mol. The van der Waals surface area contributed by atoms with E-state index in [0.717, 1.165) is 23.0 Å². The quantitative estimate of drug-likeness (QED) is 0.673. The molecule has 0 bridgehead atoms. The first-order chi connectivity index (χ1) is 12.9. The Labute approximate surface area is 161 Å². The van der Waals surface area contributed by atoms with Crippen molar-refractivity contribution in [2.45, 2.75) is 16.4 Å². The summed E-state index contributed by atoms with van der Waals surface area (Å²) in [6.45, 7) is 1.80. The topological polar surface area (TPSA) is 63.2 Å². The number of carbonyl (C=O) groups is 1. The minimum Gasteiger partial charge on any atom is -0.350 e. The molecule has 3 rings (SSSR count). The summed E-state index contributed by atoms with van der Waals surface area (Å²) in [5.74, 6) is -1.04. The number of nitrogens with one attached hydrogen (secondary N) is 1. The van der Waals surface area contributed by atoms with Gasteiger partial charge in [-0.05, 0) is 42.1 Å². The van der Waals surface area contributed by atoms with E-state index in [9.17, 15) is 17.6 Å². The molecule has 1 amide bonds. The fourth-order valence-corrected chi connectivity index (χ4v) is 5.54. The third kappa shape index (κ3) is 4.43. The number of rotatable bonds is 6. The zero-order valence-electron chi connectivity index (χ0n) is 14.6. The van der Waals surface area contributed by atoms with Gasteiger partial charge in [-0.15, -0.1) is 11.3 Å². The van der Waals surface area contributed by atoms with Crippen molar-refractivity contribution in [2.24, 2.45) is 0 Å². The molecule has 0 fully saturated rings. The fraction of sp³-hybridized carbons (Fsp3) is 0.150. The van der Waals surface area contributed by atoms with E-state index in [0.29, 0.717) is 5.56 Å². The third-order valence-corrected chi connectivity index (χ3v) is 7.67. The number of thiophene rings is 1. The Morgan fingerprint density at radius 1 is 1.11 bits per heavy atom. The van der Waals surface area contributed by atoms with Crippen LogP contribution in [0.5, 0.6) is 0 Å². The lowest BCUT2D eigenvalue weighted by molar-refractivity contribution is 0.0953. The Hall–Kier alpha value is -2.51. The van der Waals surface area contributed by atoms with E-state index >= 15 is 0 Å². The molecule has 0 aliphatic heterocycles. The summed E-state index contributed by atoms with van der Waals surface area (Å²) in [6, 6.07) is 15.7. The van der Waals surface area contributed by atoms with Crippen molar-refractivity contribution in [3.63, 3.8) is 0 Å². The average molecular weight is 404 g/mol. The van der Waals surface area contributed by atoms with Crippen molar-refractivity contribution >= 4 is 27.1 Å². The van der Waals surface area contributed by atoms with Crippen molar-refractivity contribution < 1.29 is 17.6 Å². The molecule has 0 radical (unpaired) electrons. The molecule has 1 heterocycles. The zero-order valence-corrected chi connectivity index (χ0v) is 16.2. The lowest BCUT2D eigenvalue weighted by atomic mass is 10.1. The van der Waals surface area contributed by atoms with Gasteiger partial charge in [-0.25, -0.2) is 12.8 Å². The van der Waals surface area contributed by atoms with Gasteiger partial charge < -0.3 is 5.32 Å². The Bertz CT molecular complexity index is 1030. The van der Waals surface area contributed by atoms with Crippen molar-refractivity contribution in [1.29, 1.82) is 0 Å². The normalized spacial score (nSPS) is 12.5. The van der Waals surface area contributed by atoms with Crippen LogP contribution in [0, 0.1) is 12.7 Å². The maximum atomic E-state index is 13.3.